The lowest BCUT2D eigenvalue weighted by Gasteiger charge is -2.20. The van der Waals surface area contributed by atoms with E-state index in [1.54, 1.807) is 0 Å². The molecule has 1 aromatic heterocycles. The maximum Gasteiger partial charge on any atom is 0.223 e. The van der Waals surface area contributed by atoms with Gasteiger partial charge in [-0.3, -0.25) is 4.79 Å². The molecule has 0 aliphatic heterocycles. The van der Waals surface area contributed by atoms with Crippen molar-refractivity contribution < 1.29 is 4.79 Å². The topological polar surface area (TPSA) is 46.9 Å². The fraction of sp³-hybridized carbons (Fsp3) is 0.680. The van der Waals surface area contributed by atoms with Gasteiger partial charge in [0.1, 0.15) is 5.82 Å². The van der Waals surface area contributed by atoms with Crippen LogP contribution in [0.2, 0.25) is 0 Å². The number of nitrogens with one attached hydrogen (secondary N) is 1. The molecule has 1 aliphatic rings. The van der Waals surface area contributed by atoms with E-state index in [2.05, 4.69) is 35.0 Å². The van der Waals surface area contributed by atoms with E-state index >= 15 is 0 Å². The Morgan fingerprint density at radius 2 is 1.69 bits per heavy atom. The molecule has 0 unspecified atom stereocenters. The van der Waals surface area contributed by atoms with Crippen LogP contribution in [-0.4, -0.2) is 15.5 Å². The minimum Gasteiger partial charge on any atom is -0.349 e. The van der Waals surface area contributed by atoms with Crippen LogP contribution in [-0.2, 0) is 17.9 Å². The number of nitrogens with zero attached hydrogens (tertiary/aromatic N) is 2. The van der Waals surface area contributed by atoms with Crippen LogP contribution in [0.5, 0.6) is 0 Å². The smallest absolute Gasteiger partial charge is 0.223 e. The molecule has 1 heterocycles. The number of amides is 1. The molecule has 160 valence electrons. The number of para-hydroxylation sites is 2. The quantitative estimate of drug-likeness (QED) is 0.423. The highest BCUT2D eigenvalue weighted by molar-refractivity contribution is 5.79. The van der Waals surface area contributed by atoms with Crippen LogP contribution in [0.15, 0.2) is 24.3 Å². The minimum atomic E-state index is 0.203. The van der Waals surface area contributed by atoms with Gasteiger partial charge in [-0.25, -0.2) is 4.98 Å². The first-order valence-electron chi connectivity index (χ1n) is 12.0. The Bertz CT molecular complexity index is 746. The Morgan fingerprint density at radius 3 is 2.45 bits per heavy atom. The standard InChI is InChI=1S/C25H39N3O/c1-2-3-4-5-6-7-8-14-19-28-23-18-13-12-17-22(23)27-24(28)20-26-25(29)21-15-10-9-11-16-21/h12-13,17-18,21H,2-11,14-16,19-20H2,1H3,(H,26,29). The first-order valence-corrected chi connectivity index (χ1v) is 12.0. The molecule has 0 atom stereocenters. The van der Waals surface area contributed by atoms with Crippen LogP contribution >= 0.6 is 0 Å². The van der Waals surface area contributed by atoms with Crippen molar-refractivity contribution in [3.63, 3.8) is 0 Å². The summed E-state index contributed by atoms with van der Waals surface area (Å²) < 4.78 is 2.33. The molecule has 1 aromatic carbocycles. The van der Waals surface area contributed by atoms with Gasteiger partial charge in [-0.05, 0) is 31.4 Å². The van der Waals surface area contributed by atoms with Gasteiger partial charge in [-0.2, -0.15) is 0 Å². The molecule has 4 nitrogen and oxygen atoms in total. The Kier molecular flexibility index (Phi) is 9.04. The Labute approximate surface area is 176 Å². The third-order valence-electron chi connectivity index (χ3n) is 6.37. The average Bonchev–Trinajstić information content (AvgIpc) is 3.12. The minimum absolute atomic E-state index is 0.203. The fourth-order valence-corrected chi connectivity index (χ4v) is 4.59. The summed E-state index contributed by atoms with van der Waals surface area (Å²) in [5.41, 5.74) is 2.23. The maximum absolute atomic E-state index is 12.6. The number of aryl methyl sites for hydroxylation is 1. The summed E-state index contributed by atoms with van der Waals surface area (Å²) in [4.78, 5) is 17.4. The van der Waals surface area contributed by atoms with Gasteiger partial charge >= 0.3 is 0 Å². The SMILES string of the molecule is CCCCCCCCCCn1c(CNC(=O)C2CCCCC2)nc2ccccc21. The fourth-order valence-electron chi connectivity index (χ4n) is 4.59. The summed E-state index contributed by atoms with van der Waals surface area (Å²) in [6.45, 7) is 3.80. The second-order valence-corrected chi connectivity index (χ2v) is 8.70. The van der Waals surface area contributed by atoms with Gasteiger partial charge in [-0.15, -0.1) is 0 Å². The number of benzene rings is 1. The second kappa shape index (κ2) is 12.0. The van der Waals surface area contributed by atoms with Gasteiger partial charge in [0.05, 0.1) is 17.6 Å². The van der Waals surface area contributed by atoms with Crippen LogP contribution in [0.25, 0.3) is 11.0 Å². The molecular weight excluding hydrogens is 358 g/mol. The molecule has 0 radical (unpaired) electrons. The number of carbonyl (C=O) groups excluding carboxylic acids is 1. The first-order chi connectivity index (χ1) is 14.3. The van der Waals surface area contributed by atoms with Crippen molar-refractivity contribution in [1.29, 1.82) is 0 Å². The number of hydrogen-bond acceptors (Lipinski definition) is 2. The predicted octanol–water partition coefficient (Wildman–Crippen LogP) is 6.37. The van der Waals surface area contributed by atoms with Crippen LogP contribution in [0.1, 0.15) is 96.2 Å². The zero-order valence-corrected chi connectivity index (χ0v) is 18.3. The van der Waals surface area contributed by atoms with Gasteiger partial charge in [0.2, 0.25) is 5.91 Å². The Hall–Kier alpha value is -1.84. The van der Waals surface area contributed by atoms with Crippen molar-refractivity contribution in [2.75, 3.05) is 0 Å². The molecule has 0 spiro atoms. The molecule has 29 heavy (non-hydrogen) atoms. The van der Waals surface area contributed by atoms with Gasteiger partial charge in [-0.1, -0.05) is 83.3 Å². The van der Waals surface area contributed by atoms with Crippen molar-refractivity contribution in [3.8, 4) is 0 Å². The number of rotatable bonds is 12. The summed E-state index contributed by atoms with van der Waals surface area (Å²) in [5.74, 6) is 1.42. The molecule has 0 bridgehead atoms. The zero-order valence-electron chi connectivity index (χ0n) is 18.3. The number of aromatic nitrogens is 2. The summed E-state index contributed by atoms with van der Waals surface area (Å²) in [5, 5.41) is 3.18. The molecular formula is C25H39N3O. The molecule has 0 saturated heterocycles. The van der Waals surface area contributed by atoms with Gasteiger partial charge < -0.3 is 9.88 Å². The Balaban J connectivity index is 1.52. The van der Waals surface area contributed by atoms with E-state index in [9.17, 15) is 4.79 Å². The lowest BCUT2D eigenvalue weighted by molar-refractivity contribution is -0.126. The predicted molar refractivity (Wildman–Crippen MR) is 121 cm³/mol. The van der Waals surface area contributed by atoms with E-state index in [0.29, 0.717) is 6.54 Å². The molecule has 1 saturated carbocycles. The molecule has 3 rings (SSSR count). The first kappa shape index (κ1) is 21.9. The monoisotopic (exact) mass is 397 g/mol. The third-order valence-corrected chi connectivity index (χ3v) is 6.37. The van der Waals surface area contributed by atoms with E-state index in [1.165, 1.54) is 76.1 Å². The van der Waals surface area contributed by atoms with E-state index in [1.807, 2.05) is 6.07 Å². The number of imidazole rings is 1. The van der Waals surface area contributed by atoms with Crippen molar-refractivity contribution in [1.82, 2.24) is 14.9 Å². The summed E-state index contributed by atoms with van der Waals surface area (Å²) in [6, 6.07) is 8.35. The molecule has 1 fully saturated rings. The van der Waals surface area contributed by atoms with Crippen LogP contribution < -0.4 is 5.32 Å². The summed E-state index contributed by atoms with van der Waals surface area (Å²) in [6.07, 6.45) is 16.3. The van der Waals surface area contributed by atoms with Crippen molar-refractivity contribution in [3.05, 3.63) is 30.1 Å². The number of fused-ring (bicyclic) bond motifs is 1. The van der Waals surface area contributed by atoms with Gasteiger partial charge in [0.15, 0.2) is 0 Å². The zero-order chi connectivity index (χ0) is 20.3. The largest absolute Gasteiger partial charge is 0.349 e. The van der Waals surface area contributed by atoms with E-state index < -0.39 is 0 Å². The molecule has 1 amide bonds. The number of hydrogen-bond donors (Lipinski definition) is 1. The van der Waals surface area contributed by atoms with Crippen molar-refractivity contribution >= 4 is 16.9 Å². The normalized spacial score (nSPS) is 15.1. The number of carbonyl (C=O) groups is 1. The summed E-state index contributed by atoms with van der Waals surface area (Å²) >= 11 is 0. The lowest BCUT2D eigenvalue weighted by Crippen LogP contribution is -2.32. The molecule has 1 N–H and O–H groups in total. The van der Waals surface area contributed by atoms with Gasteiger partial charge in [0, 0.05) is 12.5 Å². The van der Waals surface area contributed by atoms with E-state index in [4.69, 9.17) is 4.98 Å². The average molecular weight is 398 g/mol. The van der Waals surface area contributed by atoms with Gasteiger partial charge in [0.25, 0.3) is 0 Å². The highest BCUT2D eigenvalue weighted by atomic mass is 16.1. The van der Waals surface area contributed by atoms with Crippen LogP contribution in [0, 0.1) is 5.92 Å². The second-order valence-electron chi connectivity index (χ2n) is 8.70. The molecule has 4 heteroatoms. The van der Waals surface area contributed by atoms with Crippen LogP contribution in [0.4, 0.5) is 0 Å². The van der Waals surface area contributed by atoms with E-state index in [0.717, 1.165) is 30.7 Å². The highest BCUT2D eigenvalue weighted by Gasteiger charge is 2.21. The van der Waals surface area contributed by atoms with E-state index in [-0.39, 0.29) is 11.8 Å². The highest BCUT2D eigenvalue weighted by Crippen LogP contribution is 2.24. The van der Waals surface area contributed by atoms with Crippen molar-refractivity contribution in [2.24, 2.45) is 5.92 Å². The molecule has 1 aliphatic carbocycles. The van der Waals surface area contributed by atoms with Crippen LogP contribution in [0.3, 0.4) is 0 Å². The number of unbranched alkanes of at least 4 members (excludes halogenated alkanes) is 7. The molecule has 2 aromatic rings. The van der Waals surface area contributed by atoms with Crippen molar-refractivity contribution in [2.45, 2.75) is 103 Å². The lowest BCUT2D eigenvalue weighted by atomic mass is 9.89. The Morgan fingerprint density at radius 1 is 1.00 bits per heavy atom. The maximum atomic E-state index is 12.6. The summed E-state index contributed by atoms with van der Waals surface area (Å²) in [7, 11) is 0. The third kappa shape index (κ3) is 6.58.